The molecule has 19 heavy (non-hydrogen) atoms. The van der Waals surface area contributed by atoms with E-state index in [-0.39, 0.29) is 12.4 Å². The highest BCUT2D eigenvalue weighted by molar-refractivity contribution is 6.31. The van der Waals surface area contributed by atoms with Gasteiger partial charge in [-0.05, 0) is 31.2 Å². The Morgan fingerprint density at radius 1 is 1.42 bits per heavy atom. The molecule has 2 rings (SSSR count). The third kappa shape index (κ3) is 3.23. The first-order valence-corrected chi connectivity index (χ1v) is 6.07. The van der Waals surface area contributed by atoms with Crippen molar-refractivity contribution in [1.82, 2.24) is 4.98 Å². The minimum Gasteiger partial charge on any atom is -0.488 e. The lowest BCUT2D eigenvalue weighted by Crippen LogP contribution is -2.03. The molecule has 1 aromatic heterocycles. The molecule has 4 nitrogen and oxygen atoms in total. The molecule has 0 aliphatic heterocycles. The predicted octanol–water partition coefficient (Wildman–Crippen LogP) is 3.10. The number of ether oxygens (including phenoxy) is 1. The molecule has 0 saturated carbocycles. The second-order valence-electron chi connectivity index (χ2n) is 4.07. The topological polar surface area (TPSA) is 65.2 Å². The summed E-state index contributed by atoms with van der Waals surface area (Å²) in [6.45, 7) is 1.74. The van der Waals surface area contributed by atoms with Crippen molar-refractivity contribution in [3.05, 3.63) is 52.8 Å². The van der Waals surface area contributed by atoms with Crippen LogP contribution in [0, 0.1) is 0 Å². The molecule has 2 aromatic rings. The molecule has 0 radical (unpaired) electrons. The standard InChI is InChI=1S/C14H13ClN2O2/c1-9(18)12-6-11(16)2-3-14(12)19-8-10-4-5-17-7-13(10)15/h2-7H,8,16H2,1H3. The number of nitrogens with zero attached hydrogens (tertiary/aromatic N) is 1. The fourth-order valence-electron chi connectivity index (χ4n) is 1.63. The molecule has 1 heterocycles. The average Bonchev–Trinajstić information content (AvgIpc) is 2.38. The fourth-order valence-corrected chi connectivity index (χ4v) is 1.80. The molecule has 5 heteroatoms. The second-order valence-corrected chi connectivity index (χ2v) is 4.47. The number of halogens is 1. The SMILES string of the molecule is CC(=O)c1cc(N)ccc1OCc1ccncc1Cl. The van der Waals surface area contributed by atoms with E-state index in [9.17, 15) is 4.79 Å². The lowest BCUT2D eigenvalue weighted by atomic mass is 10.1. The summed E-state index contributed by atoms with van der Waals surface area (Å²) in [6, 6.07) is 6.75. The Morgan fingerprint density at radius 2 is 2.21 bits per heavy atom. The quantitative estimate of drug-likeness (QED) is 0.688. The maximum atomic E-state index is 11.5. The van der Waals surface area contributed by atoms with Gasteiger partial charge in [0.1, 0.15) is 12.4 Å². The van der Waals surface area contributed by atoms with E-state index < -0.39 is 0 Å². The van der Waals surface area contributed by atoms with Crippen molar-refractivity contribution in [1.29, 1.82) is 0 Å². The molecule has 1 aromatic carbocycles. The summed E-state index contributed by atoms with van der Waals surface area (Å²) in [7, 11) is 0. The van der Waals surface area contributed by atoms with Crippen LogP contribution >= 0.6 is 11.6 Å². The minimum absolute atomic E-state index is 0.0943. The number of pyridine rings is 1. The number of Topliss-reactive ketones (excluding diaryl/α,β-unsaturated/α-hetero) is 1. The number of hydrogen-bond acceptors (Lipinski definition) is 4. The second kappa shape index (κ2) is 5.71. The summed E-state index contributed by atoms with van der Waals surface area (Å²) in [6.07, 6.45) is 3.19. The first kappa shape index (κ1) is 13.4. The van der Waals surface area contributed by atoms with E-state index in [1.807, 2.05) is 0 Å². The Bertz CT molecular complexity index is 614. The van der Waals surface area contributed by atoms with Crippen molar-refractivity contribution in [2.45, 2.75) is 13.5 Å². The minimum atomic E-state index is -0.0943. The zero-order valence-electron chi connectivity index (χ0n) is 10.4. The summed E-state index contributed by atoms with van der Waals surface area (Å²) in [5.74, 6) is 0.401. The van der Waals surface area contributed by atoms with Gasteiger partial charge in [-0.3, -0.25) is 9.78 Å². The number of rotatable bonds is 4. The molecule has 0 aliphatic carbocycles. The summed E-state index contributed by atoms with van der Waals surface area (Å²) in [5, 5.41) is 0.530. The molecule has 0 saturated heterocycles. The largest absolute Gasteiger partial charge is 0.488 e. The van der Waals surface area contributed by atoms with Crippen LogP contribution in [0.2, 0.25) is 5.02 Å². The van der Waals surface area contributed by atoms with Gasteiger partial charge in [0.15, 0.2) is 5.78 Å². The van der Waals surface area contributed by atoms with Crippen molar-refractivity contribution >= 4 is 23.1 Å². The van der Waals surface area contributed by atoms with Crippen LogP contribution in [0.25, 0.3) is 0 Å². The summed E-state index contributed by atoms with van der Waals surface area (Å²) < 4.78 is 5.63. The Kier molecular flexibility index (Phi) is 4.02. The van der Waals surface area contributed by atoms with Crippen molar-refractivity contribution in [2.75, 3.05) is 5.73 Å². The van der Waals surface area contributed by atoms with E-state index in [0.717, 1.165) is 5.56 Å². The zero-order valence-corrected chi connectivity index (χ0v) is 11.1. The van der Waals surface area contributed by atoms with Gasteiger partial charge in [0, 0.05) is 23.6 Å². The van der Waals surface area contributed by atoms with Crippen LogP contribution in [0.5, 0.6) is 5.75 Å². The number of ketones is 1. The molecular weight excluding hydrogens is 264 g/mol. The van der Waals surface area contributed by atoms with Crippen molar-refractivity contribution in [3.63, 3.8) is 0 Å². The first-order chi connectivity index (χ1) is 9.08. The number of aromatic nitrogens is 1. The van der Waals surface area contributed by atoms with Crippen LogP contribution < -0.4 is 10.5 Å². The van der Waals surface area contributed by atoms with Gasteiger partial charge < -0.3 is 10.5 Å². The molecule has 0 amide bonds. The van der Waals surface area contributed by atoms with E-state index in [4.69, 9.17) is 22.1 Å². The van der Waals surface area contributed by atoms with Crippen LogP contribution in [0.15, 0.2) is 36.7 Å². The fraction of sp³-hybridized carbons (Fsp3) is 0.143. The number of carbonyl (C=O) groups excluding carboxylic acids is 1. The van der Waals surface area contributed by atoms with Gasteiger partial charge in [-0.2, -0.15) is 0 Å². The van der Waals surface area contributed by atoms with Crippen molar-refractivity contribution in [3.8, 4) is 5.75 Å². The van der Waals surface area contributed by atoms with Gasteiger partial charge in [-0.15, -0.1) is 0 Å². The number of nitrogens with two attached hydrogens (primary N) is 1. The van der Waals surface area contributed by atoms with Crippen molar-refractivity contribution < 1.29 is 9.53 Å². The number of anilines is 1. The van der Waals surface area contributed by atoms with Gasteiger partial charge in [0.25, 0.3) is 0 Å². The van der Waals surface area contributed by atoms with Crippen molar-refractivity contribution in [2.24, 2.45) is 0 Å². The summed E-state index contributed by atoms with van der Waals surface area (Å²) >= 11 is 5.99. The molecule has 0 bridgehead atoms. The summed E-state index contributed by atoms with van der Waals surface area (Å²) in [4.78, 5) is 15.4. The van der Waals surface area contributed by atoms with Gasteiger partial charge >= 0.3 is 0 Å². The molecule has 98 valence electrons. The molecule has 0 fully saturated rings. The molecule has 2 N–H and O–H groups in total. The van der Waals surface area contributed by atoms with Crippen LogP contribution in [0.3, 0.4) is 0 Å². The smallest absolute Gasteiger partial charge is 0.163 e. The van der Waals surface area contributed by atoms with E-state index in [1.165, 1.54) is 6.92 Å². The highest BCUT2D eigenvalue weighted by atomic mass is 35.5. The lowest BCUT2D eigenvalue weighted by Gasteiger charge is -2.11. The number of carbonyl (C=O) groups is 1. The highest BCUT2D eigenvalue weighted by Crippen LogP contribution is 2.24. The number of nitrogen functional groups attached to an aromatic ring is 1. The van der Waals surface area contributed by atoms with E-state index in [1.54, 1.807) is 36.7 Å². The Hall–Kier alpha value is -2.07. The van der Waals surface area contributed by atoms with E-state index >= 15 is 0 Å². The normalized spacial score (nSPS) is 10.2. The Balaban J connectivity index is 2.20. The van der Waals surface area contributed by atoms with Gasteiger partial charge in [-0.25, -0.2) is 0 Å². The summed E-state index contributed by atoms with van der Waals surface area (Å²) in [5.41, 5.74) is 7.46. The Labute approximate surface area is 116 Å². The number of hydrogen-bond donors (Lipinski definition) is 1. The predicted molar refractivity (Wildman–Crippen MR) is 74.4 cm³/mol. The lowest BCUT2D eigenvalue weighted by molar-refractivity contribution is 0.101. The maximum Gasteiger partial charge on any atom is 0.163 e. The molecule has 0 spiro atoms. The Morgan fingerprint density at radius 3 is 2.89 bits per heavy atom. The van der Waals surface area contributed by atoms with Gasteiger partial charge in [-0.1, -0.05) is 11.6 Å². The van der Waals surface area contributed by atoms with E-state index in [0.29, 0.717) is 22.0 Å². The van der Waals surface area contributed by atoms with Crippen LogP contribution in [-0.2, 0) is 6.61 Å². The number of benzene rings is 1. The third-order valence-corrected chi connectivity index (χ3v) is 2.96. The third-order valence-electron chi connectivity index (χ3n) is 2.62. The monoisotopic (exact) mass is 276 g/mol. The van der Waals surface area contributed by atoms with Gasteiger partial charge in [0.05, 0.1) is 10.6 Å². The van der Waals surface area contributed by atoms with E-state index in [2.05, 4.69) is 4.98 Å². The highest BCUT2D eigenvalue weighted by Gasteiger charge is 2.10. The molecular formula is C14H13ClN2O2. The first-order valence-electron chi connectivity index (χ1n) is 5.69. The van der Waals surface area contributed by atoms with Crippen LogP contribution in [0.1, 0.15) is 22.8 Å². The van der Waals surface area contributed by atoms with Crippen LogP contribution in [0.4, 0.5) is 5.69 Å². The van der Waals surface area contributed by atoms with Gasteiger partial charge in [0.2, 0.25) is 0 Å². The maximum absolute atomic E-state index is 11.5. The molecule has 0 aliphatic rings. The molecule has 0 unspecified atom stereocenters. The average molecular weight is 277 g/mol. The zero-order chi connectivity index (χ0) is 13.8. The molecule has 0 atom stereocenters. The van der Waals surface area contributed by atoms with Crippen LogP contribution in [-0.4, -0.2) is 10.8 Å².